The Hall–Kier alpha value is 0.660. The molecule has 0 spiro atoms. The Morgan fingerprint density at radius 2 is 2.42 bits per heavy atom. The molecule has 0 aromatic carbocycles. The molecule has 0 unspecified atom stereocenters. The third-order valence-corrected chi connectivity index (χ3v) is 4.31. The van der Waals surface area contributed by atoms with Gasteiger partial charge < -0.3 is 5.32 Å². The van der Waals surface area contributed by atoms with Crippen molar-refractivity contribution in [2.24, 2.45) is 0 Å². The normalized spacial score (nSPS) is 23.2. The zero-order chi connectivity index (χ0) is 8.65. The Labute approximate surface area is 84.4 Å². The molecule has 0 aromatic rings. The van der Waals surface area contributed by atoms with E-state index in [-0.39, 0.29) is 0 Å². The lowest BCUT2D eigenvalue weighted by Crippen LogP contribution is -2.30. The van der Waals surface area contributed by atoms with Crippen LogP contribution in [0.1, 0.15) is 19.8 Å². The van der Waals surface area contributed by atoms with Crippen LogP contribution in [-0.4, -0.2) is 35.6 Å². The standard InChI is InChI=1S/C9H19NS2/c1-2-5-11-7-4-10-9-3-6-12-8-9/h9-10H,2-8H2,1H3/t9-/m0/s1. The highest BCUT2D eigenvalue weighted by Gasteiger charge is 2.13. The lowest BCUT2D eigenvalue weighted by molar-refractivity contribution is 0.581. The highest BCUT2D eigenvalue weighted by atomic mass is 32.2. The predicted octanol–water partition coefficient (Wildman–Crippen LogP) is 2.22. The molecule has 1 rings (SSSR count). The summed E-state index contributed by atoms with van der Waals surface area (Å²) >= 11 is 4.15. The summed E-state index contributed by atoms with van der Waals surface area (Å²) in [6.07, 6.45) is 2.69. The third kappa shape index (κ3) is 4.63. The first-order valence-corrected chi connectivity index (χ1v) is 7.13. The van der Waals surface area contributed by atoms with Crippen LogP contribution in [0.15, 0.2) is 0 Å². The molecule has 1 aliphatic heterocycles. The molecule has 1 atom stereocenters. The van der Waals surface area contributed by atoms with Crippen LogP contribution >= 0.6 is 23.5 Å². The maximum atomic E-state index is 3.60. The fraction of sp³-hybridized carbons (Fsp3) is 1.00. The van der Waals surface area contributed by atoms with Crippen molar-refractivity contribution < 1.29 is 0 Å². The van der Waals surface area contributed by atoms with Gasteiger partial charge in [-0.15, -0.1) is 0 Å². The van der Waals surface area contributed by atoms with Gasteiger partial charge in [-0.1, -0.05) is 6.92 Å². The molecule has 1 nitrogen and oxygen atoms in total. The van der Waals surface area contributed by atoms with Gasteiger partial charge in [0.2, 0.25) is 0 Å². The van der Waals surface area contributed by atoms with E-state index < -0.39 is 0 Å². The summed E-state index contributed by atoms with van der Waals surface area (Å²) in [6, 6.07) is 0.817. The summed E-state index contributed by atoms with van der Waals surface area (Å²) in [5.41, 5.74) is 0. The summed E-state index contributed by atoms with van der Waals surface area (Å²) in [4.78, 5) is 0. The van der Waals surface area contributed by atoms with Crippen molar-refractivity contribution in [1.29, 1.82) is 0 Å². The number of rotatable bonds is 6. The molecule has 0 saturated carbocycles. The van der Waals surface area contributed by atoms with Crippen LogP contribution in [0.25, 0.3) is 0 Å². The Bertz CT molecular complexity index is 103. The van der Waals surface area contributed by atoms with E-state index in [9.17, 15) is 0 Å². The molecule has 1 aliphatic rings. The Kier molecular flexibility index (Phi) is 6.35. The largest absolute Gasteiger partial charge is 0.312 e. The van der Waals surface area contributed by atoms with E-state index in [2.05, 4.69) is 35.8 Å². The average molecular weight is 205 g/mol. The van der Waals surface area contributed by atoms with Crippen molar-refractivity contribution in [2.45, 2.75) is 25.8 Å². The summed E-state index contributed by atoms with van der Waals surface area (Å²) < 4.78 is 0. The van der Waals surface area contributed by atoms with Gasteiger partial charge in [0.1, 0.15) is 0 Å². The lowest BCUT2D eigenvalue weighted by Gasteiger charge is -2.09. The quantitative estimate of drug-likeness (QED) is 0.668. The van der Waals surface area contributed by atoms with Crippen molar-refractivity contribution in [3.8, 4) is 0 Å². The average Bonchev–Trinajstić information content (AvgIpc) is 2.57. The molecule has 0 bridgehead atoms. The fourth-order valence-corrected chi connectivity index (χ4v) is 3.22. The van der Waals surface area contributed by atoms with Gasteiger partial charge in [-0.25, -0.2) is 0 Å². The molecule has 0 amide bonds. The van der Waals surface area contributed by atoms with Gasteiger partial charge in [0, 0.05) is 24.1 Å². The molecular formula is C9H19NS2. The minimum absolute atomic E-state index is 0.817. The second kappa shape index (κ2) is 7.10. The van der Waals surface area contributed by atoms with Gasteiger partial charge in [0.15, 0.2) is 0 Å². The van der Waals surface area contributed by atoms with Gasteiger partial charge in [0.25, 0.3) is 0 Å². The van der Waals surface area contributed by atoms with Crippen LogP contribution < -0.4 is 5.32 Å². The van der Waals surface area contributed by atoms with Crippen LogP contribution in [0.4, 0.5) is 0 Å². The number of nitrogens with one attached hydrogen (secondary N) is 1. The van der Waals surface area contributed by atoms with Gasteiger partial charge in [-0.05, 0) is 24.3 Å². The molecule has 1 saturated heterocycles. The molecule has 0 radical (unpaired) electrons. The first-order chi connectivity index (χ1) is 5.93. The summed E-state index contributed by atoms with van der Waals surface area (Å²) in [7, 11) is 0. The van der Waals surface area contributed by atoms with E-state index in [1.807, 2.05) is 0 Å². The highest BCUT2D eigenvalue weighted by molar-refractivity contribution is 7.99. The maximum Gasteiger partial charge on any atom is 0.0166 e. The molecule has 72 valence electrons. The fourth-order valence-electron chi connectivity index (χ4n) is 1.28. The van der Waals surface area contributed by atoms with Gasteiger partial charge in [0.05, 0.1) is 0 Å². The lowest BCUT2D eigenvalue weighted by atomic mass is 10.3. The monoisotopic (exact) mass is 205 g/mol. The van der Waals surface area contributed by atoms with Crippen LogP contribution in [-0.2, 0) is 0 Å². The first kappa shape index (κ1) is 10.7. The van der Waals surface area contributed by atoms with Crippen molar-refractivity contribution in [2.75, 3.05) is 29.6 Å². The van der Waals surface area contributed by atoms with Gasteiger partial charge in [-0.2, -0.15) is 23.5 Å². The molecule has 3 heteroatoms. The van der Waals surface area contributed by atoms with Crippen molar-refractivity contribution in [3.05, 3.63) is 0 Å². The predicted molar refractivity (Wildman–Crippen MR) is 61.3 cm³/mol. The van der Waals surface area contributed by atoms with Crippen LogP contribution in [0.2, 0.25) is 0 Å². The zero-order valence-corrected chi connectivity index (χ0v) is 9.48. The maximum absolute atomic E-state index is 3.60. The molecule has 1 heterocycles. The van der Waals surface area contributed by atoms with E-state index in [0.29, 0.717) is 0 Å². The van der Waals surface area contributed by atoms with Crippen LogP contribution in [0, 0.1) is 0 Å². The summed E-state index contributed by atoms with van der Waals surface area (Å²) in [5.74, 6) is 5.30. The number of hydrogen-bond acceptors (Lipinski definition) is 3. The SMILES string of the molecule is CCCSCCN[C@H]1CCSC1. The van der Waals surface area contributed by atoms with Gasteiger partial charge >= 0.3 is 0 Å². The van der Waals surface area contributed by atoms with Gasteiger partial charge in [-0.3, -0.25) is 0 Å². The molecule has 0 aromatic heterocycles. The number of hydrogen-bond donors (Lipinski definition) is 1. The molecule has 1 N–H and O–H groups in total. The smallest absolute Gasteiger partial charge is 0.0166 e. The number of thioether (sulfide) groups is 2. The second-order valence-corrected chi connectivity index (χ2v) is 5.50. The van der Waals surface area contributed by atoms with E-state index in [1.54, 1.807) is 0 Å². The van der Waals surface area contributed by atoms with Crippen molar-refractivity contribution in [1.82, 2.24) is 5.32 Å². The zero-order valence-electron chi connectivity index (χ0n) is 7.84. The molecule has 12 heavy (non-hydrogen) atoms. The molecule has 0 aliphatic carbocycles. The van der Waals surface area contributed by atoms with Crippen LogP contribution in [0.3, 0.4) is 0 Å². The van der Waals surface area contributed by atoms with E-state index in [4.69, 9.17) is 0 Å². The Morgan fingerprint density at radius 1 is 1.50 bits per heavy atom. The third-order valence-electron chi connectivity index (χ3n) is 1.96. The molecular weight excluding hydrogens is 186 g/mol. The van der Waals surface area contributed by atoms with E-state index in [1.165, 1.54) is 42.4 Å². The second-order valence-electron chi connectivity index (χ2n) is 3.13. The minimum atomic E-state index is 0.817. The highest BCUT2D eigenvalue weighted by Crippen LogP contribution is 2.16. The minimum Gasteiger partial charge on any atom is -0.312 e. The van der Waals surface area contributed by atoms with Crippen LogP contribution in [0.5, 0.6) is 0 Å². The van der Waals surface area contributed by atoms with Crippen molar-refractivity contribution >= 4 is 23.5 Å². The van der Waals surface area contributed by atoms with E-state index >= 15 is 0 Å². The summed E-state index contributed by atoms with van der Waals surface area (Å²) in [6.45, 7) is 3.45. The Balaban J connectivity index is 1.81. The first-order valence-electron chi connectivity index (χ1n) is 4.82. The topological polar surface area (TPSA) is 12.0 Å². The van der Waals surface area contributed by atoms with E-state index in [0.717, 1.165) is 6.04 Å². The van der Waals surface area contributed by atoms with Crippen molar-refractivity contribution in [3.63, 3.8) is 0 Å². The Morgan fingerprint density at radius 3 is 3.08 bits per heavy atom. The molecule has 1 fully saturated rings. The summed E-state index contributed by atoms with van der Waals surface area (Å²) in [5, 5.41) is 3.60.